The van der Waals surface area contributed by atoms with Crippen LogP contribution in [0.15, 0.2) is 41.2 Å². The lowest BCUT2D eigenvalue weighted by Crippen LogP contribution is -2.35. The molecule has 0 fully saturated rings. The summed E-state index contributed by atoms with van der Waals surface area (Å²) in [6.07, 6.45) is 0.604. The van der Waals surface area contributed by atoms with E-state index in [-0.39, 0.29) is 18.0 Å². The molecule has 2 aromatic heterocycles. The summed E-state index contributed by atoms with van der Waals surface area (Å²) in [6.45, 7) is 6.13. The van der Waals surface area contributed by atoms with E-state index in [0.29, 0.717) is 35.7 Å². The summed E-state index contributed by atoms with van der Waals surface area (Å²) in [6, 6.07) is 11.7. The molecule has 8 nitrogen and oxygen atoms in total. The highest BCUT2D eigenvalue weighted by molar-refractivity contribution is 7.19. The first-order chi connectivity index (χ1) is 16.8. The van der Waals surface area contributed by atoms with Crippen molar-refractivity contribution >= 4 is 27.5 Å². The minimum Gasteiger partial charge on any atom is -0.493 e. The van der Waals surface area contributed by atoms with Crippen molar-refractivity contribution in [1.82, 2.24) is 20.1 Å². The van der Waals surface area contributed by atoms with Gasteiger partial charge in [-0.1, -0.05) is 29.8 Å². The van der Waals surface area contributed by atoms with Gasteiger partial charge in [-0.05, 0) is 50.5 Å². The molecule has 0 atom stereocenters. The van der Waals surface area contributed by atoms with E-state index in [2.05, 4.69) is 21.5 Å². The van der Waals surface area contributed by atoms with E-state index in [4.69, 9.17) is 9.47 Å². The molecule has 0 saturated heterocycles. The van der Waals surface area contributed by atoms with E-state index in [1.807, 2.05) is 51.1 Å². The number of aromatic nitrogens is 3. The summed E-state index contributed by atoms with van der Waals surface area (Å²) in [4.78, 5) is 30.2. The second-order valence-electron chi connectivity index (χ2n) is 8.33. The number of fused-ring (bicyclic) bond motifs is 1. The fraction of sp³-hybridized carbons (Fsp3) is 0.308. The zero-order valence-electron chi connectivity index (χ0n) is 20.5. The van der Waals surface area contributed by atoms with Crippen LogP contribution in [-0.2, 0) is 17.8 Å². The molecule has 35 heavy (non-hydrogen) atoms. The molecule has 0 aliphatic carbocycles. The smallest absolute Gasteiger partial charge is 0.294 e. The number of ether oxygens (including phenoxy) is 2. The highest BCUT2D eigenvalue weighted by atomic mass is 32.1. The molecule has 0 aliphatic rings. The number of carbonyl (C=O) groups excluding carboxylic acids is 1. The molecule has 0 bridgehead atoms. The number of thiazole rings is 1. The van der Waals surface area contributed by atoms with Gasteiger partial charge in [-0.3, -0.25) is 9.59 Å². The topological polar surface area (TPSA) is 95.3 Å². The summed E-state index contributed by atoms with van der Waals surface area (Å²) in [5, 5.41) is 8.26. The average molecular weight is 493 g/mol. The van der Waals surface area contributed by atoms with Gasteiger partial charge in [0.1, 0.15) is 12.2 Å². The number of aryl methyl sites for hydroxylation is 3. The predicted molar refractivity (Wildman–Crippen MR) is 138 cm³/mol. The summed E-state index contributed by atoms with van der Waals surface area (Å²) in [7, 11) is 3.17. The number of carbonyl (C=O) groups is 1. The van der Waals surface area contributed by atoms with Gasteiger partial charge < -0.3 is 14.8 Å². The van der Waals surface area contributed by atoms with Gasteiger partial charge in [-0.25, -0.2) is 9.67 Å². The number of rotatable bonds is 8. The Balaban J connectivity index is 1.54. The van der Waals surface area contributed by atoms with Gasteiger partial charge in [0.2, 0.25) is 5.91 Å². The van der Waals surface area contributed by atoms with Crippen LogP contribution < -0.4 is 20.3 Å². The Morgan fingerprint density at radius 2 is 1.83 bits per heavy atom. The zero-order chi connectivity index (χ0) is 25.1. The molecule has 9 heteroatoms. The largest absolute Gasteiger partial charge is 0.493 e. The Kier molecular flexibility index (Phi) is 7.16. The van der Waals surface area contributed by atoms with E-state index >= 15 is 0 Å². The van der Waals surface area contributed by atoms with Gasteiger partial charge in [0.15, 0.2) is 17.0 Å². The number of nitrogens with one attached hydrogen (secondary N) is 1. The second-order valence-corrected chi connectivity index (χ2v) is 9.53. The number of benzene rings is 2. The maximum Gasteiger partial charge on any atom is 0.294 e. The molecule has 2 heterocycles. The van der Waals surface area contributed by atoms with Crippen LogP contribution >= 0.6 is 11.3 Å². The van der Waals surface area contributed by atoms with Crippen LogP contribution in [0.1, 0.15) is 21.7 Å². The minimum atomic E-state index is -0.368. The number of methoxy groups -OCH3 is 2. The molecule has 0 unspecified atom stereocenters. The molecule has 182 valence electrons. The molecular weight excluding hydrogens is 464 g/mol. The van der Waals surface area contributed by atoms with Crippen molar-refractivity contribution in [3.8, 4) is 22.8 Å². The standard InChI is InChI=1S/C26H28N4O4S/c1-15-6-8-19(16(2)12-15)23-25-24(28-17(3)35-25)26(32)30(29-23)14-22(31)27-11-10-18-7-9-20(33-4)21(13-18)34-5/h6-9,12-13H,10-11,14H2,1-5H3,(H,27,31). The maximum absolute atomic E-state index is 13.1. The lowest BCUT2D eigenvalue weighted by molar-refractivity contribution is -0.121. The van der Waals surface area contributed by atoms with Crippen molar-refractivity contribution in [3.05, 3.63) is 68.4 Å². The number of amides is 1. The van der Waals surface area contributed by atoms with E-state index in [0.717, 1.165) is 32.0 Å². The maximum atomic E-state index is 13.1. The molecule has 0 spiro atoms. The summed E-state index contributed by atoms with van der Waals surface area (Å²) in [5.41, 5.74) is 4.76. The van der Waals surface area contributed by atoms with Crippen LogP contribution in [0, 0.1) is 20.8 Å². The lowest BCUT2D eigenvalue weighted by Gasteiger charge is -2.12. The summed E-state index contributed by atoms with van der Waals surface area (Å²) in [5.74, 6) is 0.994. The molecule has 2 aromatic carbocycles. The normalized spacial score (nSPS) is 11.0. The van der Waals surface area contributed by atoms with Gasteiger partial charge in [0, 0.05) is 12.1 Å². The van der Waals surface area contributed by atoms with Crippen molar-refractivity contribution in [2.24, 2.45) is 0 Å². The Bertz CT molecular complexity index is 1460. The lowest BCUT2D eigenvalue weighted by atomic mass is 10.0. The molecule has 0 aliphatic heterocycles. The van der Waals surface area contributed by atoms with Gasteiger partial charge in [0.25, 0.3) is 5.56 Å². The van der Waals surface area contributed by atoms with Crippen LogP contribution in [0.4, 0.5) is 0 Å². The van der Waals surface area contributed by atoms with Crippen LogP contribution in [-0.4, -0.2) is 41.4 Å². The highest BCUT2D eigenvalue weighted by Gasteiger charge is 2.19. The van der Waals surface area contributed by atoms with Gasteiger partial charge in [-0.2, -0.15) is 5.10 Å². The van der Waals surface area contributed by atoms with Crippen LogP contribution in [0.2, 0.25) is 0 Å². The van der Waals surface area contributed by atoms with Crippen LogP contribution in [0.5, 0.6) is 11.5 Å². The van der Waals surface area contributed by atoms with E-state index in [9.17, 15) is 9.59 Å². The predicted octanol–water partition coefficient (Wildman–Crippen LogP) is 3.82. The third-order valence-electron chi connectivity index (χ3n) is 5.72. The summed E-state index contributed by atoms with van der Waals surface area (Å²) < 4.78 is 12.5. The van der Waals surface area contributed by atoms with Crippen molar-refractivity contribution in [2.45, 2.75) is 33.7 Å². The van der Waals surface area contributed by atoms with E-state index in [1.165, 1.54) is 16.0 Å². The number of hydrogen-bond donors (Lipinski definition) is 1. The van der Waals surface area contributed by atoms with E-state index in [1.54, 1.807) is 14.2 Å². The Labute approximate surface area is 207 Å². The van der Waals surface area contributed by atoms with Gasteiger partial charge in [-0.15, -0.1) is 11.3 Å². The molecule has 0 radical (unpaired) electrons. The molecule has 0 saturated carbocycles. The van der Waals surface area contributed by atoms with Crippen molar-refractivity contribution in [3.63, 3.8) is 0 Å². The van der Waals surface area contributed by atoms with Crippen molar-refractivity contribution in [1.29, 1.82) is 0 Å². The zero-order valence-corrected chi connectivity index (χ0v) is 21.3. The number of hydrogen-bond acceptors (Lipinski definition) is 7. The first-order valence-electron chi connectivity index (χ1n) is 11.2. The third kappa shape index (κ3) is 5.19. The first kappa shape index (κ1) is 24.4. The molecular formula is C26H28N4O4S. The highest BCUT2D eigenvalue weighted by Crippen LogP contribution is 2.31. The fourth-order valence-electron chi connectivity index (χ4n) is 4.00. The van der Waals surface area contributed by atoms with Gasteiger partial charge >= 0.3 is 0 Å². The fourth-order valence-corrected chi connectivity index (χ4v) is 4.91. The molecule has 4 rings (SSSR count). The second kappa shape index (κ2) is 10.3. The van der Waals surface area contributed by atoms with E-state index < -0.39 is 0 Å². The monoisotopic (exact) mass is 492 g/mol. The van der Waals surface area contributed by atoms with Crippen molar-refractivity contribution < 1.29 is 14.3 Å². The SMILES string of the molecule is COc1ccc(CCNC(=O)Cn2nc(-c3ccc(C)cc3C)c3sc(C)nc3c2=O)cc1OC. The number of nitrogens with zero attached hydrogens (tertiary/aromatic N) is 3. The van der Waals surface area contributed by atoms with Crippen LogP contribution in [0.3, 0.4) is 0 Å². The first-order valence-corrected chi connectivity index (χ1v) is 12.1. The minimum absolute atomic E-state index is 0.185. The molecule has 1 amide bonds. The van der Waals surface area contributed by atoms with Crippen molar-refractivity contribution in [2.75, 3.05) is 20.8 Å². The summed E-state index contributed by atoms with van der Waals surface area (Å²) >= 11 is 1.44. The van der Waals surface area contributed by atoms with Gasteiger partial charge in [0.05, 0.1) is 23.9 Å². The quantitative estimate of drug-likeness (QED) is 0.402. The van der Waals surface area contributed by atoms with Crippen LogP contribution in [0.25, 0.3) is 21.5 Å². The average Bonchev–Trinajstić information content (AvgIpc) is 3.23. The molecule has 4 aromatic rings. The Morgan fingerprint density at radius 1 is 1.06 bits per heavy atom. The Hall–Kier alpha value is -3.72. The molecule has 1 N–H and O–H groups in total. The Morgan fingerprint density at radius 3 is 2.54 bits per heavy atom. The third-order valence-corrected chi connectivity index (χ3v) is 6.70.